The van der Waals surface area contributed by atoms with Gasteiger partial charge in [-0.15, -0.1) is 12.4 Å². The normalized spacial score (nSPS) is 20.4. The number of halogens is 1. The second kappa shape index (κ2) is 4.46. The van der Waals surface area contributed by atoms with Crippen molar-refractivity contribution in [1.29, 1.82) is 0 Å². The Labute approximate surface area is 104 Å². The van der Waals surface area contributed by atoms with Crippen molar-refractivity contribution in [1.82, 2.24) is 20.2 Å². The van der Waals surface area contributed by atoms with Crippen molar-refractivity contribution in [2.24, 2.45) is 0 Å². The smallest absolute Gasteiger partial charge is 0.282 e. The van der Waals surface area contributed by atoms with Crippen LogP contribution in [0.5, 0.6) is 0 Å². The van der Waals surface area contributed by atoms with Gasteiger partial charge in [-0.2, -0.15) is 0 Å². The van der Waals surface area contributed by atoms with Crippen LogP contribution < -0.4 is 5.32 Å². The van der Waals surface area contributed by atoms with E-state index in [0.29, 0.717) is 5.69 Å². The topological polar surface area (TPSA) is 78.1 Å². The molecule has 2 aliphatic heterocycles. The standard InChI is InChI=1S/C10H12N4O2.ClH/c15-9-7-8(13-5-12-7)10(16)14(9)6-1-3-11-4-2-6;/h5-6,11H,1-4H2,(H,12,13);1H. The summed E-state index contributed by atoms with van der Waals surface area (Å²) >= 11 is 0. The maximum atomic E-state index is 12.0. The van der Waals surface area contributed by atoms with Crippen LogP contribution in [-0.4, -0.2) is 45.8 Å². The monoisotopic (exact) mass is 256 g/mol. The SMILES string of the molecule is Cl.O=C1c2nc[nH]c2C(=O)N1C1CCNCC1. The maximum absolute atomic E-state index is 12.0. The summed E-state index contributed by atoms with van der Waals surface area (Å²) in [6, 6.07) is 0.0175. The quantitative estimate of drug-likeness (QED) is 0.703. The number of carbonyl (C=O) groups excluding carboxylic acids is 2. The first-order chi connectivity index (χ1) is 7.79. The number of fused-ring (bicyclic) bond motifs is 1. The number of aromatic amines is 1. The number of hydrogen-bond acceptors (Lipinski definition) is 4. The Morgan fingerprint density at radius 3 is 2.59 bits per heavy atom. The fourth-order valence-corrected chi connectivity index (χ4v) is 2.34. The van der Waals surface area contributed by atoms with E-state index in [2.05, 4.69) is 15.3 Å². The van der Waals surface area contributed by atoms with Gasteiger partial charge in [-0.05, 0) is 25.9 Å². The Hall–Kier alpha value is -1.40. The average molecular weight is 257 g/mol. The van der Waals surface area contributed by atoms with Gasteiger partial charge < -0.3 is 10.3 Å². The summed E-state index contributed by atoms with van der Waals surface area (Å²) in [5, 5.41) is 3.21. The van der Waals surface area contributed by atoms with Crippen molar-refractivity contribution in [3.05, 3.63) is 17.7 Å². The van der Waals surface area contributed by atoms with Crippen molar-refractivity contribution < 1.29 is 9.59 Å². The molecule has 92 valence electrons. The van der Waals surface area contributed by atoms with E-state index < -0.39 is 0 Å². The van der Waals surface area contributed by atoms with E-state index in [0.717, 1.165) is 25.9 Å². The molecule has 3 heterocycles. The van der Waals surface area contributed by atoms with E-state index in [1.165, 1.54) is 11.2 Å². The highest BCUT2D eigenvalue weighted by Gasteiger charge is 2.42. The number of amides is 2. The summed E-state index contributed by atoms with van der Waals surface area (Å²) in [6.07, 6.45) is 3.03. The van der Waals surface area contributed by atoms with E-state index in [4.69, 9.17) is 0 Å². The van der Waals surface area contributed by atoms with Crippen molar-refractivity contribution in [3.8, 4) is 0 Å². The molecule has 1 fully saturated rings. The predicted molar refractivity (Wildman–Crippen MR) is 62.2 cm³/mol. The van der Waals surface area contributed by atoms with Crippen molar-refractivity contribution in [3.63, 3.8) is 0 Å². The minimum atomic E-state index is -0.256. The van der Waals surface area contributed by atoms with Crippen LogP contribution in [0.2, 0.25) is 0 Å². The van der Waals surface area contributed by atoms with E-state index >= 15 is 0 Å². The van der Waals surface area contributed by atoms with Crippen LogP contribution in [0.1, 0.15) is 33.8 Å². The highest BCUT2D eigenvalue weighted by Crippen LogP contribution is 2.24. The summed E-state index contributed by atoms with van der Waals surface area (Å²) in [5.41, 5.74) is 0.604. The van der Waals surface area contributed by atoms with Gasteiger partial charge in [-0.3, -0.25) is 14.5 Å². The number of nitrogens with zero attached hydrogens (tertiary/aromatic N) is 2. The summed E-state index contributed by atoms with van der Waals surface area (Å²) in [4.78, 5) is 31.9. The largest absolute Gasteiger partial charge is 0.340 e. The molecule has 3 rings (SSSR count). The molecular weight excluding hydrogens is 244 g/mol. The van der Waals surface area contributed by atoms with Crippen LogP contribution in [0, 0.1) is 0 Å². The molecule has 2 N–H and O–H groups in total. The predicted octanol–water partition coefficient (Wildman–Crippen LogP) is 0.179. The van der Waals surface area contributed by atoms with Gasteiger partial charge >= 0.3 is 0 Å². The number of hydrogen-bond donors (Lipinski definition) is 2. The molecule has 1 aromatic heterocycles. The first kappa shape index (κ1) is 12.1. The van der Waals surface area contributed by atoms with Gasteiger partial charge in [-0.25, -0.2) is 4.98 Å². The minimum absolute atomic E-state index is 0. The van der Waals surface area contributed by atoms with Gasteiger partial charge in [0.05, 0.1) is 6.33 Å². The van der Waals surface area contributed by atoms with Crippen molar-refractivity contribution >= 4 is 24.2 Å². The molecule has 1 aromatic rings. The molecule has 0 radical (unpaired) electrons. The van der Waals surface area contributed by atoms with E-state index in [9.17, 15) is 9.59 Å². The van der Waals surface area contributed by atoms with Crippen LogP contribution >= 0.6 is 12.4 Å². The molecule has 2 aliphatic rings. The van der Waals surface area contributed by atoms with E-state index in [-0.39, 0.29) is 36.0 Å². The summed E-state index contributed by atoms with van der Waals surface area (Å²) in [7, 11) is 0. The van der Waals surface area contributed by atoms with Crippen LogP contribution in [-0.2, 0) is 0 Å². The molecular formula is C10H13ClN4O2. The third kappa shape index (κ3) is 1.73. The third-order valence-corrected chi connectivity index (χ3v) is 3.17. The van der Waals surface area contributed by atoms with Crippen molar-refractivity contribution in [2.75, 3.05) is 13.1 Å². The maximum Gasteiger partial charge on any atom is 0.282 e. The lowest BCUT2D eigenvalue weighted by Gasteiger charge is -2.29. The lowest BCUT2D eigenvalue weighted by molar-refractivity contribution is 0.0550. The molecule has 0 atom stereocenters. The molecule has 0 saturated carbocycles. The number of imide groups is 1. The number of H-pyrrole nitrogens is 1. The number of aromatic nitrogens is 2. The zero-order valence-corrected chi connectivity index (χ0v) is 9.92. The van der Waals surface area contributed by atoms with Gasteiger partial charge in [0.2, 0.25) is 0 Å². The average Bonchev–Trinajstić information content (AvgIpc) is 2.86. The Kier molecular flexibility index (Phi) is 3.17. The number of nitrogens with one attached hydrogen (secondary N) is 2. The minimum Gasteiger partial charge on any atom is -0.340 e. The van der Waals surface area contributed by atoms with E-state index in [1.807, 2.05) is 0 Å². The first-order valence-corrected chi connectivity index (χ1v) is 5.41. The molecule has 0 spiro atoms. The Morgan fingerprint density at radius 1 is 1.24 bits per heavy atom. The van der Waals surface area contributed by atoms with Gasteiger partial charge in [0, 0.05) is 6.04 Å². The molecule has 0 aliphatic carbocycles. The zero-order chi connectivity index (χ0) is 11.1. The molecule has 6 nitrogen and oxygen atoms in total. The first-order valence-electron chi connectivity index (χ1n) is 5.41. The van der Waals surface area contributed by atoms with Crippen LogP contribution in [0.25, 0.3) is 0 Å². The molecule has 0 aromatic carbocycles. The third-order valence-electron chi connectivity index (χ3n) is 3.17. The summed E-state index contributed by atoms with van der Waals surface area (Å²) in [5.74, 6) is -0.488. The molecule has 1 saturated heterocycles. The van der Waals surface area contributed by atoms with Crippen LogP contribution in [0.15, 0.2) is 6.33 Å². The number of imidazole rings is 1. The Morgan fingerprint density at radius 2 is 1.94 bits per heavy atom. The van der Waals surface area contributed by atoms with E-state index in [1.54, 1.807) is 0 Å². The highest BCUT2D eigenvalue weighted by molar-refractivity contribution is 6.19. The number of carbonyl (C=O) groups is 2. The molecule has 2 amide bonds. The highest BCUT2D eigenvalue weighted by atomic mass is 35.5. The molecule has 7 heteroatoms. The lowest BCUT2D eigenvalue weighted by atomic mass is 10.1. The van der Waals surface area contributed by atoms with Gasteiger partial charge in [0.15, 0.2) is 5.69 Å². The molecule has 0 bridgehead atoms. The van der Waals surface area contributed by atoms with Crippen LogP contribution in [0.4, 0.5) is 0 Å². The summed E-state index contributed by atoms with van der Waals surface area (Å²) < 4.78 is 0. The van der Waals surface area contributed by atoms with Crippen LogP contribution in [0.3, 0.4) is 0 Å². The number of piperidine rings is 1. The fourth-order valence-electron chi connectivity index (χ4n) is 2.34. The van der Waals surface area contributed by atoms with Gasteiger partial charge in [0.1, 0.15) is 5.69 Å². The number of rotatable bonds is 1. The second-order valence-corrected chi connectivity index (χ2v) is 4.09. The van der Waals surface area contributed by atoms with Crippen molar-refractivity contribution in [2.45, 2.75) is 18.9 Å². The summed E-state index contributed by atoms with van der Waals surface area (Å²) in [6.45, 7) is 1.70. The van der Waals surface area contributed by atoms with Gasteiger partial charge in [-0.1, -0.05) is 0 Å². The lowest BCUT2D eigenvalue weighted by Crippen LogP contribution is -2.46. The Bertz CT molecular complexity index is 422. The second-order valence-electron chi connectivity index (χ2n) is 4.09. The fraction of sp³-hybridized carbons (Fsp3) is 0.500. The molecule has 17 heavy (non-hydrogen) atoms. The zero-order valence-electron chi connectivity index (χ0n) is 9.10. The Balaban J connectivity index is 0.00000108. The molecule has 0 unspecified atom stereocenters. The van der Waals surface area contributed by atoms with Gasteiger partial charge in [0.25, 0.3) is 11.8 Å².